The maximum atomic E-state index is 13.4. The van der Waals surface area contributed by atoms with E-state index >= 15 is 0 Å². The van der Waals surface area contributed by atoms with Gasteiger partial charge >= 0.3 is 6.18 Å². The molecule has 32 heavy (non-hydrogen) atoms. The van der Waals surface area contributed by atoms with Gasteiger partial charge in [0, 0.05) is 12.1 Å². The number of alkyl halides is 3. The van der Waals surface area contributed by atoms with Crippen LogP contribution in [0.25, 0.3) is 11.4 Å². The number of unbranched alkanes of at least 4 members (excludes halogenated alkanes) is 1. The van der Waals surface area contributed by atoms with Gasteiger partial charge in [-0.25, -0.2) is 0 Å². The summed E-state index contributed by atoms with van der Waals surface area (Å²) in [5.74, 6) is -0.221. The van der Waals surface area contributed by atoms with Crippen LogP contribution in [0.3, 0.4) is 0 Å². The SMILES string of the molecule is C=CCOc1ccc(-c2noc([C@@H]3CCCN3/C(N)=N/O)n2)cc1C(F)(F)F.CCCC. The molecule has 0 saturated carbocycles. The Balaban J connectivity index is 0.000000837. The summed E-state index contributed by atoms with van der Waals surface area (Å²) in [6, 6.07) is 3.12. The first-order valence-electron chi connectivity index (χ1n) is 10.3. The quantitative estimate of drug-likeness (QED) is 0.208. The predicted octanol–water partition coefficient (Wildman–Crippen LogP) is 4.97. The summed E-state index contributed by atoms with van der Waals surface area (Å²) in [5.41, 5.74) is 4.82. The summed E-state index contributed by atoms with van der Waals surface area (Å²) in [6.45, 7) is 8.26. The summed E-state index contributed by atoms with van der Waals surface area (Å²) >= 11 is 0. The van der Waals surface area contributed by atoms with E-state index in [-0.39, 0.29) is 35.6 Å². The highest BCUT2D eigenvalue weighted by molar-refractivity contribution is 5.78. The number of aromatic nitrogens is 2. The Bertz CT molecular complexity index is 912. The molecule has 1 fully saturated rings. The summed E-state index contributed by atoms with van der Waals surface area (Å²) in [6.07, 6.45) is 0.758. The number of guanidine groups is 1. The summed E-state index contributed by atoms with van der Waals surface area (Å²) in [5, 5.41) is 15.6. The zero-order chi connectivity index (χ0) is 23.7. The molecule has 0 unspecified atom stereocenters. The molecule has 1 aliphatic heterocycles. The molecule has 11 heteroatoms. The number of halogens is 3. The van der Waals surface area contributed by atoms with E-state index in [1.807, 2.05) is 0 Å². The van der Waals surface area contributed by atoms with Crippen molar-refractivity contribution in [2.24, 2.45) is 10.9 Å². The van der Waals surface area contributed by atoms with Crippen LogP contribution in [0.15, 0.2) is 40.5 Å². The number of nitrogens with zero attached hydrogens (tertiary/aromatic N) is 4. The van der Waals surface area contributed by atoms with Crippen molar-refractivity contribution < 1.29 is 27.6 Å². The van der Waals surface area contributed by atoms with Gasteiger partial charge in [0.2, 0.25) is 17.7 Å². The molecule has 1 aromatic carbocycles. The van der Waals surface area contributed by atoms with Gasteiger partial charge in [0.1, 0.15) is 18.4 Å². The monoisotopic (exact) mass is 455 g/mol. The van der Waals surface area contributed by atoms with E-state index in [2.05, 4.69) is 35.7 Å². The first-order valence-corrected chi connectivity index (χ1v) is 10.3. The predicted molar refractivity (Wildman–Crippen MR) is 113 cm³/mol. The van der Waals surface area contributed by atoms with Gasteiger partial charge in [0.15, 0.2) is 0 Å². The van der Waals surface area contributed by atoms with E-state index in [1.165, 1.54) is 31.1 Å². The Morgan fingerprint density at radius 3 is 2.72 bits per heavy atom. The van der Waals surface area contributed by atoms with Crippen molar-refractivity contribution in [3.8, 4) is 17.1 Å². The molecule has 2 heterocycles. The van der Waals surface area contributed by atoms with Crippen molar-refractivity contribution >= 4 is 5.96 Å². The maximum absolute atomic E-state index is 13.4. The lowest BCUT2D eigenvalue weighted by Crippen LogP contribution is -2.36. The van der Waals surface area contributed by atoms with E-state index in [9.17, 15) is 13.2 Å². The molecule has 0 spiro atoms. The smallest absolute Gasteiger partial charge is 0.419 e. The summed E-state index contributed by atoms with van der Waals surface area (Å²) in [7, 11) is 0. The number of ether oxygens (including phenoxy) is 1. The average molecular weight is 455 g/mol. The summed E-state index contributed by atoms with van der Waals surface area (Å²) in [4.78, 5) is 5.80. The van der Waals surface area contributed by atoms with Crippen molar-refractivity contribution in [2.45, 2.75) is 51.7 Å². The topological polar surface area (TPSA) is 110 Å². The van der Waals surface area contributed by atoms with Gasteiger partial charge in [-0.2, -0.15) is 18.2 Å². The van der Waals surface area contributed by atoms with E-state index < -0.39 is 17.8 Å². The molecule has 0 aliphatic carbocycles. The Hall–Kier alpha value is -3.24. The Labute approximate surface area is 184 Å². The van der Waals surface area contributed by atoms with E-state index in [1.54, 1.807) is 4.90 Å². The highest BCUT2D eigenvalue weighted by atomic mass is 19.4. The third-order valence-corrected chi connectivity index (χ3v) is 4.78. The Morgan fingerprint density at radius 2 is 2.12 bits per heavy atom. The van der Waals surface area contributed by atoms with Crippen LogP contribution in [0.5, 0.6) is 5.75 Å². The van der Waals surface area contributed by atoms with Crippen LogP contribution in [0.2, 0.25) is 0 Å². The van der Waals surface area contributed by atoms with Gasteiger partial charge < -0.3 is 25.1 Å². The average Bonchev–Trinajstić information content (AvgIpc) is 3.46. The Morgan fingerprint density at radius 1 is 1.41 bits per heavy atom. The van der Waals surface area contributed by atoms with E-state index in [4.69, 9.17) is 20.2 Å². The maximum Gasteiger partial charge on any atom is 0.419 e. The van der Waals surface area contributed by atoms with Crippen molar-refractivity contribution in [2.75, 3.05) is 13.2 Å². The number of nitrogens with two attached hydrogens (primary N) is 1. The number of hydrogen-bond acceptors (Lipinski definition) is 6. The van der Waals surface area contributed by atoms with Crippen LogP contribution >= 0.6 is 0 Å². The molecule has 1 aromatic heterocycles. The summed E-state index contributed by atoms with van der Waals surface area (Å²) < 4.78 is 50.4. The number of rotatable bonds is 6. The van der Waals surface area contributed by atoms with Gasteiger partial charge in [0.05, 0.1) is 5.56 Å². The minimum Gasteiger partial charge on any atom is -0.489 e. The minimum atomic E-state index is -4.62. The molecular formula is C21H28F3N5O3. The molecule has 176 valence electrons. The standard InChI is InChI=1S/C17H18F3N5O3.C4H10/c1-2-8-27-13-6-5-10(9-11(13)17(18,19)20)14-22-15(28-24-14)12-4-3-7-25(12)16(21)23-26;1-3-4-2/h2,5-6,9,12,26H,1,3-4,7-8H2,(H2,21,23);3-4H2,1-2H3/t12-;/m0./s1. The molecule has 3 N–H and O–H groups in total. The largest absolute Gasteiger partial charge is 0.489 e. The number of benzene rings is 1. The normalized spacial score (nSPS) is 16.5. The highest BCUT2D eigenvalue weighted by Crippen LogP contribution is 2.39. The van der Waals surface area contributed by atoms with E-state index in [0.29, 0.717) is 13.0 Å². The fraction of sp³-hybridized carbons (Fsp3) is 0.476. The fourth-order valence-corrected chi connectivity index (χ4v) is 3.01. The molecule has 3 rings (SSSR count). The van der Waals surface area contributed by atoms with Gasteiger partial charge in [0.25, 0.3) is 0 Å². The molecule has 1 atom stereocenters. The minimum absolute atomic E-state index is 0.00197. The number of likely N-dealkylation sites (tertiary alicyclic amines) is 1. The first-order chi connectivity index (χ1) is 15.3. The third-order valence-electron chi connectivity index (χ3n) is 4.78. The highest BCUT2D eigenvalue weighted by Gasteiger charge is 2.36. The van der Waals surface area contributed by atoms with Crippen molar-refractivity contribution in [3.05, 3.63) is 42.3 Å². The molecule has 1 saturated heterocycles. The van der Waals surface area contributed by atoms with Gasteiger partial charge in [-0.3, -0.25) is 0 Å². The van der Waals surface area contributed by atoms with E-state index in [0.717, 1.165) is 12.5 Å². The zero-order valence-corrected chi connectivity index (χ0v) is 18.1. The molecule has 8 nitrogen and oxygen atoms in total. The number of oxime groups is 1. The molecule has 2 aromatic rings. The van der Waals surface area contributed by atoms with Crippen LogP contribution in [0.4, 0.5) is 13.2 Å². The lowest BCUT2D eigenvalue weighted by Gasteiger charge is -2.21. The van der Waals surface area contributed by atoms with Gasteiger partial charge in [-0.1, -0.05) is 49.7 Å². The second kappa shape index (κ2) is 11.4. The second-order valence-electron chi connectivity index (χ2n) is 7.07. The second-order valence-corrected chi connectivity index (χ2v) is 7.07. The molecular weight excluding hydrogens is 427 g/mol. The zero-order valence-electron chi connectivity index (χ0n) is 18.1. The van der Waals surface area contributed by atoms with Crippen LogP contribution in [-0.4, -0.2) is 39.4 Å². The Kier molecular flexibility index (Phi) is 8.91. The first kappa shape index (κ1) is 25.0. The van der Waals surface area contributed by atoms with Gasteiger partial charge in [-0.05, 0) is 31.0 Å². The van der Waals surface area contributed by atoms with Gasteiger partial charge in [-0.15, -0.1) is 0 Å². The molecule has 0 bridgehead atoms. The lowest BCUT2D eigenvalue weighted by atomic mass is 10.1. The van der Waals surface area contributed by atoms with Crippen LogP contribution < -0.4 is 10.5 Å². The molecule has 0 radical (unpaired) electrons. The third kappa shape index (κ3) is 6.14. The molecule has 1 aliphatic rings. The van der Waals surface area contributed by atoms with Crippen molar-refractivity contribution in [1.29, 1.82) is 0 Å². The fourth-order valence-electron chi connectivity index (χ4n) is 3.01. The van der Waals surface area contributed by atoms with Crippen molar-refractivity contribution in [3.63, 3.8) is 0 Å². The van der Waals surface area contributed by atoms with Crippen LogP contribution in [0, 0.1) is 0 Å². The van der Waals surface area contributed by atoms with Crippen LogP contribution in [0.1, 0.15) is 57.0 Å². The molecule has 0 amide bonds. The van der Waals surface area contributed by atoms with Crippen molar-refractivity contribution in [1.82, 2.24) is 15.0 Å². The number of hydrogen-bond donors (Lipinski definition) is 2. The van der Waals surface area contributed by atoms with Crippen LogP contribution in [-0.2, 0) is 6.18 Å². The lowest BCUT2D eigenvalue weighted by molar-refractivity contribution is -0.138.